The molecule has 0 saturated carbocycles. The van der Waals surface area contributed by atoms with Crippen LogP contribution in [0.2, 0.25) is 0 Å². The van der Waals surface area contributed by atoms with Crippen LogP contribution in [0, 0.1) is 5.82 Å². The maximum Gasteiger partial charge on any atom is 0.313 e. The molecule has 1 aromatic rings. The molecule has 0 fully saturated rings. The number of rotatable bonds is 7. The van der Waals surface area contributed by atoms with Gasteiger partial charge in [0.2, 0.25) is 0 Å². The highest BCUT2D eigenvalue weighted by molar-refractivity contribution is 8.18. The van der Waals surface area contributed by atoms with Gasteiger partial charge < -0.3 is 10.2 Å². The Balaban J connectivity index is 2.92. The van der Waals surface area contributed by atoms with Crippen molar-refractivity contribution in [2.75, 3.05) is 11.5 Å². The first-order valence-electron chi connectivity index (χ1n) is 5.31. The Labute approximate surface area is 118 Å². The molecule has 4 nitrogen and oxygen atoms in total. The Bertz CT molecular complexity index is 443. The van der Waals surface area contributed by atoms with Gasteiger partial charge in [-0.25, -0.2) is 4.39 Å². The van der Waals surface area contributed by atoms with E-state index in [2.05, 4.69) is 0 Å². The lowest BCUT2D eigenvalue weighted by atomic mass is 10.1. The summed E-state index contributed by atoms with van der Waals surface area (Å²) >= 11 is 2.22. The standard InChI is InChI=1S/C12H13FO4S2/c1-12(18-6-10(14)15,19-7-11(16)17)8-2-4-9(13)5-3-8/h2-5H,6-7H2,1H3,(H,14,15)(H,16,17). The quantitative estimate of drug-likeness (QED) is 0.754. The van der Waals surface area contributed by atoms with Gasteiger partial charge in [0, 0.05) is 0 Å². The first-order chi connectivity index (χ1) is 8.83. The van der Waals surface area contributed by atoms with E-state index in [1.807, 2.05) is 0 Å². The van der Waals surface area contributed by atoms with E-state index in [9.17, 15) is 14.0 Å². The summed E-state index contributed by atoms with van der Waals surface area (Å²) in [4.78, 5) is 21.3. The van der Waals surface area contributed by atoms with Crippen LogP contribution in [0.15, 0.2) is 24.3 Å². The van der Waals surface area contributed by atoms with Crippen molar-refractivity contribution in [3.05, 3.63) is 35.6 Å². The average Bonchev–Trinajstić information content (AvgIpc) is 2.35. The molecular formula is C12H13FO4S2. The van der Waals surface area contributed by atoms with E-state index in [0.717, 1.165) is 23.5 Å². The molecule has 0 amide bonds. The summed E-state index contributed by atoms with van der Waals surface area (Å²) in [5.74, 6) is -2.65. The number of benzene rings is 1. The zero-order chi connectivity index (χ0) is 14.5. The number of hydrogen-bond donors (Lipinski definition) is 2. The van der Waals surface area contributed by atoms with Crippen molar-refractivity contribution in [2.45, 2.75) is 11.0 Å². The molecule has 1 rings (SSSR count). The summed E-state index contributed by atoms with van der Waals surface area (Å²) in [6.07, 6.45) is 0. The van der Waals surface area contributed by atoms with Crippen LogP contribution < -0.4 is 0 Å². The Hall–Kier alpha value is -1.21. The molecule has 104 valence electrons. The number of carbonyl (C=O) groups is 2. The monoisotopic (exact) mass is 304 g/mol. The smallest absolute Gasteiger partial charge is 0.313 e. The summed E-state index contributed by atoms with van der Waals surface area (Å²) in [5.41, 5.74) is 0.686. The lowest BCUT2D eigenvalue weighted by Crippen LogP contribution is -2.18. The Morgan fingerprint density at radius 3 is 1.89 bits per heavy atom. The van der Waals surface area contributed by atoms with E-state index in [0.29, 0.717) is 5.56 Å². The van der Waals surface area contributed by atoms with Crippen LogP contribution in [0.5, 0.6) is 0 Å². The predicted octanol–water partition coefficient (Wildman–Crippen LogP) is 2.63. The van der Waals surface area contributed by atoms with E-state index in [1.54, 1.807) is 19.1 Å². The van der Waals surface area contributed by atoms with Crippen molar-refractivity contribution in [1.82, 2.24) is 0 Å². The second kappa shape index (κ2) is 6.81. The Morgan fingerprint density at radius 1 is 1.11 bits per heavy atom. The van der Waals surface area contributed by atoms with Crippen molar-refractivity contribution in [1.29, 1.82) is 0 Å². The van der Waals surface area contributed by atoms with Gasteiger partial charge >= 0.3 is 11.9 Å². The fourth-order valence-electron chi connectivity index (χ4n) is 1.36. The number of halogens is 1. The van der Waals surface area contributed by atoms with E-state index >= 15 is 0 Å². The van der Waals surface area contributed by atoms with Gasteiger partial charge in [-0.15, -0.1) is 23.5 Å². The largest absolute Gasteiger partial charge is 0.481 e. The molecule has 2 N–H and O–H groups in total. The van der Waals surface area contributed by atoms with Crippen LogP contribution in [0.4, 0.5) is 4.39 Å². The van der Waals surface area contributed by atoms with Crippen molar-refractivity contribution < 1.29 is 24.2 Å². The van der Waals surface area contributed by atoms with Gasteiger partial charge in [-0.3, -0.25) is 9.59 Å². The summed E-state index contributed by atoms with van der Waals surface area (Å²) < 4.78 is 12.2. The van der Waals surface area contributed by atoms with Gasteiger partial charge in [-0.05, 0) is 24.6 Å². The number of thioether (sulfide) groups is 2. The van der Waals surface area contributed by atoms with Gasteiger partial charge in [-0.1, -0.05) is 12.1 Å². The molecule has 0 aliphatic heterocycles. The van der Waals surface area contributed by atoms with Crippen LogP contribution in [0.25, 0.3) is 0 Å². The second-order valence-corrected chi connectivity index (χ2v) is 6.86. The maximum atomic E-state index is 12.9. The molecule has 1 aromatic carbocycles. The van der Waals surface area contributed by atoms with E-state index in [1.165, 1.54) is 12.1 Å². The van der Waals surface area contributed by atoms with Crippen LogP contribution >= 0.6 is 23.5 Å². The highest BCUT2D eigenvalue weighted by atomic mass is 32.2. The topological polar surface area (TPSA) is 74.6 Å². The van der Waals surface area contributed by atoms with Gasteiger partial charge in [-0.2, -0.15) is 0 Å². The average molecular weight is 304 g/mol. The van der Waals surface area contributed by atoms with Gasteiger partial charge in [0.15, 0.2) is 0 Å². The molecule has 0 spiro atoms. The summed E-state index contributed by atoms with van der Waals surface area (Å²) in [6.45, 7) is 1.74. The molecule has 0 aliphatic carbocycles. The number of hydrogen-bond acceptors (Lipinski definition) is 4. The molecule has 0 atom stereocenters. The minimum atomic E-state index is -0.978. The fraction of sp³-hybridized carbons (Fsp3) is 0.333. The molecule has 0 saturated heterocycles. The van der Waals surface area contributed by atoms with Gasteiger partial charge in [0.05, 0.1) is 15.6 Å². The van der Waals surface area contributed by atoms with E-state index < -0.39 is 21.8 Å². The van der Waals surface area contributed by atoms with E-state index in [-0.39, 0.29) is 11.5 Å². The van der Waals surface area contributed by atoms with E-state index in [4.69, 9.17) is 10.2 Å². The molecule has 0 heterocycles. The normalized spacial score (nSPS) is 11.3. The highest BCUT2D eigenvalue weighted by Crippen LogP contribution is 2.46. The molecule has 0 bridgehead atoms. The third-order valence-corrected chi connectivity index (χ3v) is 5.37. The lowest BCUT2D eigenvalue weighted by Gasteiger charge is -2.28. The molecule has 0 unspecified atom stereocenters. The predicted molar refractivity (Wildman–Crippen MR) is 73.9 cm³/mol. The van der Waals surface area contributed by atoms with Crippen LogP contribution in [-0.4, -0.2) is 33.7 Å². The first kappa shape index (κ1) is 15.8. The summed E-state index contributed by atoms with van der Waals surface area (Å²) in [6, 6.07) is 5.63. The number of carboxylic acid groups (broad SMARTS) is 2. The number of carboxylic acids is 2. The zero-order valence-electron chi connectivity index (χ0n) is 10.1. The molecule has 7 heteroatoms. The molecular weight excluding hydrogens is 291 g/mol. The SMILES string of the molecule is CC(SCC(=O)O)(SCC(=O)O)c1ccc(F)cc1. The lowest BCUT2D eigenvalue weighted by molar-refractivity contribution is -0.134. The fourth-order valence-corrected chi connectivity index (χ4v) is 3.45. The highest BCUT2D eigenvalue weighted by Gasteiger charge is 2.29. The zero-order valence-corrected chi connectivity index (χ0v) is 11.8. The summed E-state index contributed by atoms with van der Waals surface area (Å²) in [7, 11) is 0. The third kappa shape index (κ3) is 5.12. The maximum absolute atomic E-state index is 12.9. The van der Waals surface area contributed by atoms with Crippen molar-refractivity contribution in [3.8, 4) is 0 Å². The first-order valence-corrected chi connectivity index (χ1v) is 7.28. The molecule has 0 aromatic heterocycles. The van der Waals surface area contributed by atoms with Gasteiger partial charge in [0.1, 0.15) is 5.82 Å². The van der Waals surface area contributed by atoms with Crippen molar-refractivity contribution in [2.24, 2.45) is 0 Å². The minimum Gasteiger partial charge on any atom is -0.481 e. The molecule has 19 heavy (non-hydrogen) atoms. The number of aliphatic carboxylic acids is 2. The Kier molecular flexibility index (Phi) is 5.68. The van der Waals surface area contributed by atoms with Crippen LogP contribution in [0.3, 0.4) is 0 Å². The summed E-state index contributed by atoms with van der Waals surface area (Å²) in [5, 5.41) is 17.5. The molecule has 0 aliphatic rings. The molecule has 0 radical (unpaired) electrons. The third-order valence-electron chi connectivity index (χ3n) is 2.31. The second-order valence-electron chi connectivity index (χ2n) is 3.82. The Morgan fingerprint density at radius 2 is 1.53 bits per heavy atom. The van der Waals surface area contributed by atoms with Gasteiger partial charge in [0.25, 0.3) is 0 Å². The van der Waals surface area contributed by atoms with Crippen LogP contribution in [0.1, 0.15) is 12.5 Å². The van der Waals surface area contributed by atoms with Crippen molar-refractivity contribution >= 4 is 35.5 Å². The minimum absolute atomic E-state index is 0.152. The van der Waals surface area contributed by atoms with Crippen molar-refractivity contribution in [3.63, 3.8) is 0 Å². The van der Waals surface area contributed by atoms with Crippen LogP contribution in [-0.2, 0) is 13.7 Å².